The second kappa shape index (κ2) is 13.8. The molecule has 1 aliphatic carbocycles. The Morgan fingerprint density at radius 1 is 1.18 bits per heavy atom. The molecule has 1 amide bonds. The van der Waals surface area contributed by atoms with Crippen molar-refractivity contribution in [3.05, 3.63) is 79.4 Å². The first-order valence-electron chi connectivity index (χ1n) is 15.4. The first-order valence-corrected chi connectivity index (χ1v) is 18.6. The second-order valence-electron chi connectivity index (χ2n) is 12.1. The number of carbonyl (C=O) groups is 1. The molecule has 1 aliphatic heterocycles. The fraction of sp³-hybridized carbons (Fsp3) is 0.394. The number of alkyl halides is 3. The van der Waals surface area contributed by atoms with Gasteiger partial charge in [-0.05, 0) is 63.3 Å². The lowest BCUT2D eigenvalue weighted by molar-refractivity contribution is -0.346. The number of amides is 1. The van der Waals surface area contributed by atoms with E-state index >= 15 is 0 Å². The predicted octanol–water partition coefficient (Wildman–Crippen LogP) is 5.08. The lowest BCUT2D eigenvalue weighted by Gasteiger charge is -2.39. The van der Waals surface area contributed by atoms with E-state index in [1.54, 1.807) is 36.6 Å². The van der Waals surface area contributed by atoms with Gasteiger partial charge in [0.1, 0.15) is 5.82 Å². The van der Waals surface area contributed by atoms with Crippen LogP contribution in [0, 0.1) is 18.8 Å². The van der Waals surface area contributed by atoms with E-state index in [-0.39, 0.29) is 36.6 Å². The van der Waals surface area contributed by atoms with Gasteiger partial charge in [0.2, 0.25) is 10.0 Å². The van der Waals surface area contributed by atoms with E-state index in [4.69, 9.17) is 16.6 Å². The zero-order chi connectivity index (χ0) is 35.1. The molecule has 1 aromatic carbocycles. The molecule has 10 nitrogen and oxygen atoms in total. The summed E-state index contributed by atoms with van der Waals surface area (Å²) in [5.74, 6) is 6.01. The Morgan fingerprint density at radius 3 is 2.65 bits per heavy atom. The Hall–Kier alpha value is -3.81. The minimum atomic E-state index is -4.65. The average molecular weight is 734 g/mol. The Morgan fingerprint density at radius 2 is 1.94 bits per heavy atom. The highest BCUT2D eigenvalue weighted by atomic mass is 35.5. The van der Waals surface area contributed by atoms with Gasteiger partial charge in [0.15, 0.2) is 0 Å². The Balaban J connectivity index is 1.23. The molecular formula is C33H31ClF3N5O5S2. The molecule has 6 rings (SSSR count). The lowest BCUT2D eigenvalue weighted by Crippen LogP contribution is -2.47. The number of ether oxygens (including phenoxy) is 1. The van der Waals surface area contributed by atoms with E-state index in [0.29, 0.717) is 69.2 Å². The summed E-state index contributed by atoms with van der Waals surface area (Å²) in [4.78, 5) is 37.6. The predicted molar refractivity (Wildman–Crippen MR) is 180 cm³/mol. The molecule has 4 aromatic rings. The molecule has 3 aromatic heterocycles. The molecule has 0 bridgehead atoms. The monoisotopic (exact) mass is 733 g/mol. The smallest absolute Gasteiger partial charge is 0.300 e. The maximum absolute atomic E-state index is 13.7. The van der Waals surface area contributed by atoms with E-state index in [1.807, 2.05) is 4.72 Å². The van der Waals surface area contributed by atoms with Crippen LogP contribution in [0.15, 0.2) is 40.6 Å². The van der Waals surface area contributed by atoms with Crippen LogP contribution in [-0.2, 0) is 34.1 Å². The van der Waals surface area contributed by atoms with Gasteiger partial charge >= 0.3 is 6.36 Å². The van der Waals surface area contributed by atoms with Crippen LogP contribution < -0.4 is 10.3 Å². The van der Waals surface area contributed by atoms with Crippen LogP contribution in [0.4, 0.5) is 13.2 Å². The molecule has 0 saturated carbocycles. The molecule has 49 heavy (non-hydrogen) atoms. The van der Waals surface area contributed by atoms with E-state index in [1.165, 1.54) is 22.1 Å². The van der Waals surface area contributed by atoms with Crippen LogP contribution in [0.5, 0.6) is 0 Å². The SMILES string of the molecule is Cc1nc2c(c(=O)n1CC#Cc1ccc(Cl)cc1-c1ccnc3c(C(=O)NS(C)(=O)=O)csc13)C[C@@H](N1CCC(OC(F)(F)F)CC1)CC2. The molecule has 0 spiro atoms. The van der Waals surface area contributed by atoms with Crippen molar-refractivity contribution in [3.8, 4) is 23.0 Å². The number of pyridine rings is 1. The molecule has 4 heterocycles. The molecule has 0 radical (unpaired) electrons. The molecule has 2 aliphatic rings. The second-order valence-corrected chi connectivity index (χ2v) is 15.1. The minimum Gasteiger partial charge on any atom is -0.300 e. The number of nitrogens with one attached hydrogen (secondary N) is 1. The van der Waals surface area contributed by atoms with Crippen LogP contribution in [0.1, 0.15) is 52.3 Å². The number of nitrogens with zero attached hydrogens (tertiary/aromatic N) is 4. The Bertz CT molecular complexity index is 2170. The normalized spacial score (nSPS) is 17.4. The third-order valence-corrected chi connectivity index (χ3v) is 10.5. The molecule has 16 heteroatoms. The number of carbonyl (C=O) groups excluding carboxylic acids is 1. The van der Waals surface area contributed by atoms with Crippen LogP contribution in [0.3, 0.4) is 0 Å². The third kappa shape index (κ3) is 7.99. The summed E-state index contributed by atoms with van der Waals surface area (Å²) in [5.41, 5.74) is 3.62. The number of rotatable bonds is 6. The zero-order valence-electron chi connectivity index (χ0n) is 26.4. The van der Waals surface area contributed by atoms with Crippen LogP contribution in [0.25, 0.3) is 21.3 Å². The Kier molecular flexibility index (Phi) is 9.89. The van der Waals surface area contributed by atoms with Crippen molar-refractivity contribution in [1.82, 2.24) is 24.2 Å². The number of piperidine rings is 1. The first-order chi connectivity index (χ1) is 23.2. The molecule has 0 unspecified atom stereocenters. The minimum absolute atomic E-state index is 0.0279. The fourth-order valence-corrected chi connectivity index (χ4v) is 8.10. The van der Waals surface area contributed by atoms with E-state index in [9.17, 15) is 31.2 Å². The number of aryl methyl sites for hydroxylation is 2. The topological polar surface area (TPSA) is 123 Å². The highest BCUT2D eigenvalue weighted by Gasteiger charge is 2.37. The van der Waals surface area contributed by atoms with Gasteiger partial charge < -0.3 is 0 Å². The van der Waals surface area contributed by atoms with Gasteiger partial charge in [-0.1, -0.05) is 23.4 Å². The highest BCUT2D eigenvalue weighted by molar-refractivity contribution is 7.89. The summed E-state index contributed by atoms with van der Waals surface area (Å²) >= 11 is 7.62. The summed E-state index contributed by atoms with van der Waals surface area (Å²) in [5, 5.41) is 2.00. The van der Waals surface area contributed by atoms with Crippen molar-refractivity contribution in [2.45, 2.75) is 64.1 Å². The van der Waals surface area contributed by atoms with Crippen LogP contribution in [-0.4, -0.2) is 71.6 Å². The summed E-state index contributed by atoms with van der Waals surface area (Å²) in [7, 11) is -3.78. The maximum atomic E-state index is 13.7. The summed E-state index contributed by atoms with van der Waals surface area (Å²) in [6.07, 6.45) is -0.691. The largest absolute Gasteiger partial charge is 0.522 e. The summed E-state index contributed by atoms with van der Waals surface area (Å²) in [6.45, 7) is 2.76. The van der Waals surface area contributed by atoms with Crippen LogP contribution in [0.2, 0.25) is 5.02 Å². The van der Waals surface area contributed by atoms with Crippen molar-refractivity contribution < 1.29 is 31.1 Å². The molecule has 258 valence electrons. The van der Waals surface area contributed by atoms with E-state index in [0.717, 1.165) is 18.4 Å². The van der Waals surface area contributed by atoms with Gasteiger partial charge in [-0.2, -0.15) is 0 Å². The maximum Gasteiger partial charge on any atom is 0.522 e. The molecule has 1 N–H and O–H groups in total. The lowest BCUT2D eigenvalue weighted by atomic mass is 9.90. The van der Waals surface area contributed by atoms with E-state index < -0.39 is 28.4 Å². The summed E-state index contributed by atoms with van der Waals surface area (Å²) < 4.78 is 69.7. The zero-order valence-corrected chi connectivity index (χ0v) is 28.8. The Labute approximate surface area is 289 Å². The molecular weight excluding hydrogens is 703 g/mol. The van der Waals surface area contributed by atoms with Crippen molar-refractivity contribution in [3.63, 3.8) is 0 Å². The van der Waals surface area contributed by atoms with Gasteiger partial charge in [0.05, 0.1) is 40.4 Å². The number of hydrogen-bond donors (Lipinski definition) is 1. The number of thiophene rings is 1. The van der Waals surface area contributed by atoms with Crippen molar-refractivity contribution in [1.29, 1.82) is 0 Å². The van der Waals surface area contributed by atoms with Gasteiger partial charge in [-0.3, -0.25) is 28.8 Å². The molecule has 1 fully saturated rings. The fourth-order valence-electron chi connectivity index (χ4n) is 6.45. The first kappa shape index (κ1) is 35.0. The van der Waals surface area contributed by atoms with Gasteiger partial charge in [-0.25, -0.2) is 18.1 Å². The summed E-state index contributed by atoms with van der Waals surface area (Å²) in [6, 6.07) is 6.99. The average Bonchev–Trinajstić information content (AvgIpc) is 3.47. The quantitative estimate of drug-likeness (QED) is 0.273. The highest BCUT2D eigenvalue weighted by Crippen LogP contribution is 2.36. The third-order valence-electron chi connectivity index (χ3n) is 8.70. The number of hydrogen-bond acceptors (Lipinski definition) is 9. The molecule has 1 saturated heterocycles. The van der Waals surface area contributed by atoms with Gasteiger partial charge in [0, 0.05) is 58.0 Å². The van der Waals surface area contributed by atoms with Crippen molar-refractivity contribution >= 4 is 49.1 Å². The number of halogens is 4. The van der Waals surface area contributed by atoms with Gasteiger partial charge in [-0.15, -0.1) is 24.5 Å². The number of aromatic nitrogens is 3. The van der Waals surface area contributed by atoms with E-state index in [2.05, 4.69) is 26.5 Å². The number of likely N-dealkylation sites (tertiary alicyclic amines) is 1. The van der Waals surface area contributed by atoms with Crippen LogP contribution >= 0.6 is 22.9 Å². The standard InChI is InChI=1S/C33H31ClF3N5O5S2/c1-19-39-28-8-7-22(41-14-10-23(11-15-41)47-33(35,36)37)17-26(28)32(44)42(19)13-3-4-20-5-6-21(34)16-25(20)24-9-12-38-29-27(18-48-30(24)29)31(43)40-49(2,45)46/h5-6,9,12,16,18,22-23H,7-8,10-11,13-15,17H2,1-2H3,(H,40,43)/t22-/m0/s1. The van der Waals surface area contributed by atoms with Crippen molar-refractivity contribution in [2.75, 3.05) is 19.3 Å². The number of sulfonamides is 1. The number of benzene rings is 1. The van der Waals surface area contributed by atoms with Gasteiger partial charge in [0.25, 0.3) is 11.5 Å². The number of fused-ring (bicyclic) bond motifs is 2. The van der Waals surface area contributed by atoms with Crippen molar-refractivity contribution in [2.24, 2.45) is 0 Å². The molecule has 1 atom stereocenters.